The minimum atomic E-state index is 0.130. The van der Waals surface area contributed by atoms with E-state index in [2.05, 4.69) is 57.3 Å². The maximum Gasteiger partial charge on any atom is 0.122 e. The van der Waals surface area contributed by atoms with Crippen LogP contribution in [0, 0.1) is 0 Å². The summed E-state index contributed by atoms with van der Waals surface area (Å²) in [5.41, 5.74) is 1.40. The maximum atomic E-state index is 5.68. The topological polar surface area (TPSA) is 28.4 Å². The van der Waals surface area contributed by atoms with Crippen LogP contribution in [0.2, 0.25) is 0 Å². The molecule has 4 heteroatoms. The van der Waals surface area contributed by atoms with Gasteiger partial charge in [-0.2, -0.15) is 11.8 Å². The smallest absolute Gasteiger partial charge is 0.122 e. The summed E-state index contributed by atoms with van der Waals surface area (Å²) in [6.07, 6.45) is 5.15. The number of nitrogens with one attached hydrogen (secondary N) is 1. The van der Waals surface area contributed by atoms with Crippen LogP contribution < -0.4 is 5.32 Å². The summed E-state index contributed by atoms with van der Waals surface area (Å²) >= 11 is 1.91. The second kappa shape index (κ2) is 8.11. The molecule has 1 atom stereocenters. The van der Waals surface area contributed by atoms with Crippen LogP contribution in [0.4, 0.5) is 0 Å². The normalized spacial score (nSPS) is 13.9. The average molecular weight is 298 g/mol. The molecular formula is C16H30N2OS. The minimum absolute atomic E-state index is 0.130. The lowest BCUT2D eigenvalue weighted by Gasteiger charge is -2.26. The molecule has 116 valence electrons. The van der Waals surface area contributed by atoms with Gasteiger partial charge < -0.3 is 9.73 Å². The Morgan fingerprint density at radius 3 is 2.65 bits per heavy atom. The Hall–Kier alpha value is -0.450. The Kier molecular flexibility index (Phi) is 7.13. The summed E-state index contributed by atoms with van der Waals surface area (Å²) in [6.45, 7) is 10.6. The molecule has 20 heavy (non-hydrogen) atoms. The van der Waals surface area contributed by atoms with E-state index in [9.17, 15) is 0 Å². The molecule has 1 aromatic heterocycles. The van der Waals surface area contributed by atoms with Crippen LogP contribution in [0.1, 0.15) is 45.4 Å². The number of hydrogen-bond acceptors (Lipinski definition) is 4. The highest BCUT2D eigenvalue weighted by molar-refractivity contribution is 7.98. The van der Waals surface area contributed by atoms with Crippen molar-refractivity contribution in [1.29, 1.82) is 0 Å². The summed E-state index contributed by atoms with van der Waals surface area (Å²) in [5.74, 6) is 2.26. The molecule has 1 aromatic rings. The quantitative estimate of drug-likeness (QED) is 0.791. The van der Waals surface area contributed by atoms with E-state index in [1.807, 2.05) is 11.8 Å². The number of rotatable bonds is 8. The van der Waals surface area contributed by atoms with Crippen molar-refractivity contribution in [3.63, 3.8) is 0 Å². The van der Waals surface area contributed by atoms with Gasteiger partial charge in [-0.05, 0) is 46.6 Å². The van der Waals surface area contributed by atoms with Gasteiger partial charge in [0, 0.05) is 29.4 Å². The van der Waals surface area contributed by atoms with Crippen molar-refractivity contribution in [3.05, 3.63) is 23.7 Å². The van der Waals surface area contributed by atoms with Crippen molar-refractivity contribution >= 4 is 11.8 Å². The lowest BCUT2D eigenvalue weighted by molar-refractivity contribution is 0.227. The molecular weight excluding hydrogens is 268 g/mol. The zero-order valence-corrected chi connectivity index (χ0v) is 14.6. The second-order valence-corrected chi connectivity index (χ2v) is 7.32. The van der Waals surface area contributed by atoms with Crippen LogP contribution in [0.5, 0.6) is 0 Å². The van der Waals surface area contributed by atoms with E-state index in [0.717, 1.165) is 18.8 Å². The molecule has 0 radical (unpaired) electrons. The first-order chi connectivity index (χ1) is 9.37. The van der Waals surface area contributed by atoms with Crippen LogP contribution in [-0.2, 0) is 13.1 Å². The predicted octanol–water partition coefficient (Wildman–Crippen LogP) is 3.74. The summed E-state index contributed by atoms with van der Waals surface area (Å²) in [5, 5.41) is 3.52. The Morgan fingerprint density at radius 1 is 1.40 bits per heavy atom. The Morgan fingerprint density at radius 2 is 2.10 bits per heavy atom. The third kappa shape index (κ3) is 5.90. The largest absolute Gasteiger partial charge is 0.468 e. The van der Waals surface area contributed by atoms with Gasteiger partial charge in [0.1, 0.15) is 5.76 Å². The fourth-order valence-corrected chi connectivity index (χ4v) is 3.00. The first kappa shape index (κ1) is 17.6. The lowest BCUT2D eigenvalue weighted by atomic mass is 10.1. The molecule has 1 rings (SSSR count). The van der Waals surface area contributed by atoms with Crippen LogP contribution >= 0.6 is 11.8 Å². The number of thioether (sulfide) groups is 1. The van der Waals surface area contributed by atoms with Crippen molar-refractivity contribution in [3.8, 4) is 0 Å². The Labute approximate surface area is 128 Å². The molecule has 0 aliphatic rings. The molecule has 0 spiro atoms. The van der Waals surface area contributed by atoms with Crippen molar-refractivity contribution in [2.24, 2.45) is 0 Å². The van der Waals surface area contributed by atoms with Gasteiger partial charge in [-0.15, -0.1) is 0 Å². The van der Waals surface area contributed by atoms with Gasteiger partial charge in [-0.1, -0.05) is 6.92 Å². The molecule has 0 saturated heterocycles. The summed E-state index contributed by atoms with van der Waals surface area (Å²) in [6, 6.07) is 2.69. The monoisotopic (exact) mass is 298 g/mol. The molecule has 0 aliphatic carbocycles. The highest BCUT2D eigenvalue weighted by Crippen LogP contribution is 2.17. The minimum Gasteiger partial charge on any atom is -0.468 e. The first-order valence-corrected chi connectivity index (χ1v) is 8.76. The average Bonchev–Trinajstić information content (AvgIpc) is 2.79. The van der Waals surface area contributed by atoms with Crippen molar-refractivity contribution < 1.29 is 4.42 Å². The molecule has 1 unspecified atom stereocenters. The first-order valence-electron chi connectivity index (χ1n) is 7.36. The van der Waals surface area contributed by atoms with Crippen LogP contribution in [0.15, 0.2) is 16.7 Å². The predicted molar refractivity (Wildman–Crippen MR) is 89.2 cm³/mol. The molecule has 1 N–H and O–H groups in total. The van der Waals surface area contributed by atoms with Gasteiger partial charge in [-0.25, -0.2) is 0 Å². The van der Waals surface area contributed by atoms with E-state index in [0.29, 0.717) is 6.04 Å². The van der Waals surface area contributed by atoms with Gasteiger partial charge in [-0.3, -0.25) is 4.90 Å². The lowest BCUT2D eigenvalue weighted by Crippen LogP contribution is -2.36. The molecule has 0 fully saturated rings. The summed E-state index contributed by atoms with van der Waals surface area (Å²) < 4.78 is 5.68. The zero-order valence-electron chi connectivity index (χ0n) is 13.8. The van der Waals surface area contributed by atoms with Gasteiger partial charge >= 0.3 is 0 Å². The highest BCUT2D eigenvalue weighted by atomic mass is 32.2. The van der Waals surface area contributed by atoms with Gasteiger partial charge in [0.15, 0.2) is 0 Å². The number of furan rings is 1. The van der Waals surface area contributed by atoms with Gasteiger partial charge in [0.05, 0.1) is 12.8 Å². The standard InChI is InChI=1S/C16H30N2OS/c1-7-14(12-20-6)18(5)11-15-13(8-9-19-15)10-17-16(2,3)4/h8-9,14,17H,7,10-12H2,1-6H3. The molecule has 0 aromatic carbocycles. The van der Waals surface area contributed by atoms with Crippen molar-refractivity contribution in [2.45, 2.75) is 58.8 Å². The molecule has 0 saturated carbocycles. The fourth-order valence-electron chi connectivity index (χ4n) is 2.13. The van der Waals surface area contributed by atoms with E-state index < -0.39 is 0 Å². The molecule has 1 heterocycles. The molecule has 0 bridgehead atoms. The van der Waals surface area contributed by atoms with Crippen molar-refractivity contribution in [2.75, 3.05) is 19.1 Å². The van der Waals surface area contributed by atoms with E-state index in [4.69, 9.17) is 4.42 Å². The van der Waals surface area contributed by atoms with Gasteiger partial charge in [0.2, 0.25) is 0 Å². The molecule has 0 aliphatic heterocycles. The van der Waals surface area contributed by atoms with Crippen LogP contribution in [-0.4, -0.2) is 35.5 Å². The van der Waals surface area contributed by atoms with Crippen LogP contribution in [0.25, 0.3) is 0 Å². The number of nitrogens with zero attached hydrogens (tertiary/aromatic N) is 1. The Balaban J connectivity index is 2.61. The van der Waals surface area contributed by atoms with Crippen LogP contribution in [0.3, 0.4) is 0 Å². The fraction of sp³-hybridized carbons (Fsp3) is 0.750. The van der Waals surface area contributed by atoms with E-state index in [-0.39, 0.29) is 5.54 Å². The molecule has 3 nitrogen and oxygen atoms in total. The number of hydrogen-bond donors (Lipinski definition) is 1. The van der Waals surface area contributed by atoms with Crippen molar-refractivity contribution in [1.82, 2.24) is 10.2 Å². The van der Waals surface area contributed by atoms with E-state index >= 15 is 0 Å². The molecule has 0 amide bonds. The highest BCUT2D eigenvalue weighted by Gasteiger charge is 2.17. The third-order valence-electron chi connectivity index (χ3n) is 3.49. The summed E-state index contributed by atoms with van der Waals surface area (Å²) in [4.78, 5) is 2.40. The maximum absolute atomic E-state index is 5.68. The van der Waals surface area contributed by atoms with E-state index in [1.165, 1.54) is 17.7 Å². The third-order valence-corrected chi connectivity index (χ3v) is 4.21. The Bertz CT molecular complexity index is 384. The SMILES string of the molecule is CCC(CSC)N(C)Cc1occc1CNC(C)(C)C. The van der Waals surface area contributed by atoms with Gasteiger partial charge in [0.25, 0.3) is 0 Å². The summed E-state index contributed by atoms with van der Waals surface area (Å²) in [7, 11) is 2.19. The van der Waals surface area contributed by atoms with E-state index in [1.54, 1.807) is 6.26 Å². The second-order valence-electron chi connectivity index (χ2n) is 6.41. The zero-order chi connectivity index (χ0) is 15.2.